The summed E-state index contributed by atoms with van der Waals surface area (Å²) in [6.45, 7) is 0. The van der Waals surface area contributed by atoms with Gasteiger partial charge in [-0.25, -0.2) is 9.80 Å². The highest BCUT2D eigenvalue weighted by Crippen LogP contribution is 2.29. The largest absolute Gasteiger partial charge is 0.362 e. The van der Waals surface area contributed by atoms with E-state index in [2.05, 4.69) is 5.10 Å². The second-order valence-corrected chi connectivity index (χ2v) is 4.26. The van der Waals surface area contributed by atoms with Crippen LogP contribution in [0.25, 0.3) is 0 Å². The van der Waals surface area contributed by atoms with Gasteiger partial charge < -0.3 is 5.11 Å². The molecule has 1 aromatic rings. The number of hydrogen-bond acceptors (Lipinski definition) is 4. The monoisotopic (exact) mass is 225 g/mol. The van der Waals surface area contributed by atoms with Crippen LogP contribution < -0.4 is 0 Å². The molecule has 2 heterocycles. The van der Waals surface area contributed by atoms with Crippen LogP contribution in [-0.2, 0) is 5.72 Å². The molecule has 0 fully saturated rings. The van der Waals surface area contributed by atoms with Crippen LogP contribution in [0.4, 0.5) is 4.79 Å². The average molecular weight is 225 g/mol. The van der Waals surface area contributed by atoms with Gasteiger partial charge in [-0.05, 0) is 11.4 Å². The van der Waals surface area contributed by atoms with Crippen LogP contribution in [0.5, 0.6) is 0 Å². The Hall–Kier alpha value is -1.40. The summed E-state index contributed by atoms with van der Waals surface area (Å²) in [5, 5.41) is 17.2. The molecule has 1 aliphatic rings. The van der Waals surface area contributed by atoms with Gasteiger partial charge in [-0.1, -0.05) is 6.07 Å². The normalized spacial score (nSPS) is 26.2. The Labute approximate surface area is 91.2 Å². The molecule has 5 nitrogen and oxygen atoms in total. The molecule has 6 heteroatoms. The summed E-state index contributed by atoms with van der Waals surface area (Å²) in [5.74, 6) is 0. The lowest BCUT2D eigenvalue weighted by Gasteiger charge is -2.37. The van der Waals surface area contributed by atoms with Crippen molar-refractivity contribution in [3.05, 3.63) is 22.4 Å². The molecule has 1 aromatic heterocycles. The third kappa shape index (κ3) is 1.42. The molecule has 2 rings (SSSR count). The minimum atomic E-state index is -1.42. The number of urea groups is 1. The molecule has 1 atom stereocenters. The Balaban J connectivity index is 2.45. The third-order valence-corrected chi connectivity index (χ3v) is 3.35. The van der Waals surface area contributed by atoms with Crippen molar-refractivity contribution in [2.75, 3.05) is 14.1 Å². The molecule has 1 aliphatic heterocycles. The lowest BCUT2D eigenvalue weighted by atomic mass is 10.1. The number of hydrogen-bond donors (Lipinski definition) is 1. The Morgan fingerprint density at radius 2 is 2.27 bits per heavy atom. The number of amides is 2. The number of carbonyl (C=O) groups is 1. The SMILES string of the molecule is CN1N=CC(O)(c2cccs2)N(C)C1=O. The number of carbonyl (C=O) groups excluding carboxylic acids is 1. The van der Waals surface area contributed by atoms with Gasteiger partial charge in [0.2, 0.25) is 5.72 Å². The average Bonchev–Trinajstić information content (AvgIpc) is 2.75. The summed E-state index contributed by atoms with van der Waals surface area (Å²) in [7, 11) is 3.09. The zero-order chi connectivity index (χ0) is 11.1. The van der Waals surface area contributed by atoms with Gasteiger partial charge in [-0.2, -0.15) is 5.10 Å². The highest BCUT2D eigenvalue weighted by molar-refractivity contribution is 7.10. The maximum Gasteiger partial charge on any atom is 0.342 e. The zero-order valence-electron chi connectivity index (χ0n) is 8.41. The van der Waals surface area contributed by atoms with E-state index in [4.69, 9.17) is 0 Å². The number of aliphatic hydroxyl groups is 1. The Morgan fingerprint density at radius 1 is 1.53 bits per heavy atom. The van der Waals surface area contributed by atoms with E-state index in [9.17, 15) is 9.90 Å². The summed E-state index contributed by atoms with van der Waals surface area (Å²) < 4.78 is 0. The molecule has 0 bridgehead atoms. The molecule has 0 spiro atoms. The molecule has 0 aromatic carbocycles. The van der Waals surface area contributed by atoms with Crippen LogP contribution >= 0.6 is 11.3 Å². The van der Waals surface area contributed by atoms with E-state index < -0.39 is 5.72 Å². The maximum absolute atomic E-state index is 11.6. The molecule has 2 amide bonds. The minimum Gasteiger partial charge on any atom is -0.362 e. The van der Waals surface area contributed by atoms with Gasteiger partial charge in [0.1, 0.15) is 0 Å². The summed E-state index contributed by atoms with van der Waals surface area (Å²) >= 11 is 1.38. The van der Waals surface area contributed by atoms with Crippen molar-refractivity contribution in [1.82, 2.24) is 9.91 Å². The van der Waals surface area contributed by atoms with E-state index in [1.807, 2.05) is 11.4 Å². The van der Waals surface area contributed by atoms with E-state index >= 15 is 0 Å². The van der Waals surface area contributed by atoms with Crippen molar-refractivity contribution in [1.29, 1.82) is 0 Å². The lowest BCUT2D eigenvalue weighted by Crippen LogP contribution is -2.54. The topological polar surface area (TPSA) is 56.1 Å². The fraction of sp³-hybridized carbons (Fsp3) is 0.333. The Morgan fingerprint density at radius 3 is 2.87 bits per heavy atom. The first-order valence-corrected chi connectivity index (χ1v) is 5.26. The smallest absolute Gasteiger partial charge is 0.342 e. The molecule has 80 valence electrons. The van der Waals surface area contributed by atoms with Crippen LogP contribution in [0.3, 0.4) is 0 Å². The molecular formula is C9H11N3O2S. The molecule has 1 unspecified atom stereocenters. The highest BCUT2D eigenvalue weighted by atomic mass is 32.1. The fourth-order valence-corrected chi connectivity index (χ4v) is 2.21. The maximum atomic E-state index is 11.6. The van der Waals surface area contributed by atoms with Crippen molar-refractivity contribution in [2.24, 2.45) is 5.10 Å². The Kier molecular flexibility index (Phi) is 2.24. The number of rotatable bonds is 1. The van der Waals surface area contributed by atoms with Crippen molar-refractivity contribution in [2.45, 2.75) is 5.72 Å². The molecule has 0 saturated carbocycles. The second-order valence-electron chi connectivity index (χ2n) is 3.31. The summed E-state index contributed by atoms with van der Waals surface area (Å²) in [5.41, 5.74) is -1.42. The lowest BCUT2D eigenvalue weighted by molar-refractivity contribution is -0.0224. The van der Waals surface area contributed by atoms with E-state index in [0.29, 0.717) is 4.88 Å². The van der Waals surface area contributed by atoms with Gasteiger partial charge >= 0.3 is 6.03 Å². The highest BCUT2D eigenvalue weighted by Gasteiger charge is 2.41. The Bertz CT molecular complexity index is 403. The standard InChI is InChI=1S/C9H11N3O2S/c1-11-8(13)12(2)10-6-9(11,14)7-4-3-5-15-7/h3-6,14H,1-2H3. The van der Waals surface area contributed by atoms with Gasteiger partial charge in [-0.15, -0.1) is 11.3 Å². The first-order chi connectivity index (χ1) is 7.05. The first kappa shape index (κ1) is 10.1. The van der Waals surface area contributed by atoms with E-state index in [1.54, 1.807) is 20.2 Å². The summed E-state index contributed by atoms with van der Waals surface area (Å²) in [6, 6.07) is 3.25. The zero-order valence-corrected chi connectivity index (χ0v) is 9.23. The van der Waals surface area contributed by atoms with Crippen molar-refractivity contribution >= 4 is 23.6 Å². The molecule has 0 radical (unpaired) electrons. The fourth-order valence-electron chi connectivity index (χ4n) is 1.38. The third-order valence-electron chi connectivity index (χ3n) is 2.37. The van der Waals surface area contributed by atoms with E-state index in [0.717, 1.165) is 0 Å². The van der Waals surface area contributed by atoms with Crippen molar-refractivity contribution < 1.29 is 9.90 Å². The van der Waals surface area contributed by atoms with Crippen LogP contribution in [-0.4, -0.2) is 41.4 Å². The first-order valence-electron chi connectivity index (χ1n) is 4.39. The van der Waals surface area contributed by atoms with Crippen molar-refractivity contribution in [3.63, 3.8) is 0 Å². The number of thiophene rings is 1. The van der Waals surface area contributed by atoms with E-state index in [1.165, 1.54) is 27.5 Å². The molecule has 1 N–H and O–H groups in total. The molecule has 0 saturated heterocycles. The van der Waals surface area contributed by atoms with Crippen LogP contribution in [0.1, 0.15) is 4.88 Å². The molecular weight excluding hydrogens is 214 g/mol. The van der Waals surface area contributed by atoms with Gasteiger partial charge in [0.25, 0.3) is 0 Å². The second kappa shape index (κ2) is 3.32. The summed E-state index contributed by atoms with van der Waals surface area (Å²) in [4.78, 5) is 13.6. The predicted molar refractivity (Wildman–Crippen MR) is 57.6 cm³/mol. The quantitative estimate of drug-likeness (QED) is 0.771. The number of hydrazone groups is 1. The van der Waals surface area contributed by atoms with E-state index in [-0.39, 0.29) is 6.03 Å². The van der Waals surface area contributed by atoms with Gasteiger partial charge in [0.15, 0.2) is 0 Å². The van der Waals surface area contributed by atoms with Gasteiger partial charge in [0.05, 0.1) is 11.1 Å². The van der Waals surface area contributed by atoms with Crippen molar-refractivity contribution in [3.8, 4) is 0 Å². The molecule has 0 aliphatic carbocycles. The minimum absolute atomic E-state index is 0.339. The summed E-state index contributed by atoms with van der Waals surface area (Å²) in [6.07, 6.45) is 1.36. The van der Waals surface area contributed by atoms with Gasteiger partial charge in [0, 0.05) is 14.1 Å². The van der Waals surface area contributed by atoms with Crippen LogP contribution in [0.2, 0.25) is 0 Å². The molecule has 15 heavy (non-hydrogen) atoms. The number of nitrogens with zero attached hydrogens (tertiary/aromatic N) is 3. The van der Waals surface area contributed by atoms with Crippen LogP contribution in [0, 0.1) is 0 Å². The van der Waals surface area contributed by atoms with Gasteiger partial charge in [-0.3, -0.25) is 4.90 Å². The van der Waals surface area contributed by atoms with Crippen LogP contribution in [0.15, 0.2) is 22.6 Å². The predicted octanol–water partition coefficient (Wildman–Crippen LogP) is 0.876.